The summed E-state index contributed by atoms with van der Waals surface area (Å²) in [4.78, 5) is 11.4. The monoisotopic (exact) mass is 341 g/mol. The Hall–Kier alpha value is -2.06. The Bertz CT molecular complexity index is 683. The second-order valence-corrected chi connectivity index (χ2v) is 6.50. The minimum atomic E-state index is -3.84. The third-order valence-electron chi connectivity index (χ3n) is 3.01. The molecule has 7 nitrogen and oxygen atoms in total. The van der Waals surface area contributed by atoms with Crippen molar-refractivity contribution in [2.45, 2.75) is 18.2 Å². The molecule has 0 amide bonds. The zero-order chi connectivity index (χ0) is 16.7. The highest BCUT2D eigenvalue weighted by Crippen LogP contribution is 2.31. The van der Waals surface area contributed by atoms with Gasteiger partial charge in [0.15, 0.2) is 11.5 Å². The fourth-order valence-corrected chi connectivity index (χ4v) is 2.82. The summed E-state index contributed by atoms with van der Waals surface area (Å²) < 4.78 is 42.4. The van der Waals surface area contributed by atoms with Gasteiger partial charge in [0, 0.05) is 12.5 Å². The van der Waals surface area contributed by atoms with Crippen LogP contribution in [0.1, 0.15) is 13.3 Å². The van der Waals surface area contributed by atoms with Crippen molar-refractivity contribution in [2.75, 3.05) is 26.4 Å². The van der Waals surface area contributed by atoms with Gasteiger partial charge in [0.1, 0.15) is 13.2 Å². The van der Waals surface area contributed by atoms with Gasteiger partial charge in [-0.05, 0) is 19.1 Å². The van der Waals surface area contributed by atoms with Crippen molar-refractivity contribution in [3.63, 3.8) is 0 Å². The van der Waals surface area contributed by atoms with Crippen LogP contribution in [0.15, 0.2) is 35.2 Å². The molecule has 8 heteroatoms. The Morgan fingerprint density at radius 1 is 1.30 bits per heavy atom. The molecule has 126 valence electrons. The second-order valence-electron chi connectivity index (χ2n) is 4.74. The molecule has 0 fully saturated rings. The predicted molar refractivity (Wildman–Crippen MR) is 83.0 cm³/mol. The second kappa shape index (κ2) is 7.98. The lowest BCUT2D eigenvalue weighted by Crippen LogP contribution is -2.30. The van der Waals surface area contributed by atoms with Crippen LogP contribution in [0.3, 0.4) is 0 Å². The molecule has 0 radical (unpaired) electrons. The SMILES string of the molecule is C/C=C/COC(=O)CNS(=O)(=O)c1ccc2c(c1)OCCCO2. The molecule has 0 atom stereocenters. The number of carbonyl (C=O) groups is 1. The molecule has 0 saturated heterocycles. The van der Waals surface area contributed by atoms with Gasteiger partial charge in [-0.1, -0.05) is 12.2 Å². The van der Waals surface area contributed by atoms with Gasteiger partial charge in [0.25, 0.3) is 0 Å². The van der Waals surface area contributed by atoms with E-state index in [4.69, 9.17) is 14.2 Å². The number of fused-ring (bicyclic) bond motifs is 1. The highest BCUT2D eigenvalue weighted by Gasteiger charge is 2.19. The van der Waals surface area contributed by atoms with Gasteiger partial charge in [-0.2, -0.15) is 4.72 Å². The number of carbonyl (C=O) groups excluding carboxylic acids is 1. The van der Waals surface area contributed by atoms with Crippen LogP contribution in [0.25, 0.3) is 0 Å². The lowest BCUT2D eigenvalue weighted by Gasteiger charge is -2.10. The molecule has 1 aromatic carbocycles. The quantitative estimate of drug-likeness (QED) is 0.618. The number of ether oxygens (including phenoxy) is 3. The molecule has 0 bridgehead atoms. The number of hydrogen-bond acceptors (Lipinski definition) is 6. The van der Waals surface area contributed by atoms with Crippen LogP contribution in [0.5, 0.6) is 11.5 Å². The van der Waals surface area contributed by atoms with Gasteiger partial charge < -0.3 is 14.2 Å². The number of allylic oxidation sites excluding steroid dienone is 1. The van der Waals surface area contributed by atoms with E-state index in [2.05, 4.69) is 4.72 Å². The standard InChI is InChI=1S/C15H19NO6S/c1-2-3-7-22-15(17)11-16-23(18,19)12-5-6-13-14(10-12)21-9-4-8-20-13/h2-3,5-6,10,16H,4,7-9,11H2,1H3/b3-2+. The molecule has 2 rings (SSSR count). The van der Waals surface area contributed by atoms with E-state index in [1.165, 1.54) is 12.1 Å². The summed E-state index contributed by atoms with van der Waals surface area (Å²) in [5, 5.41) is 0. The van der Waals surface area contributed by atoms with E-state index in [1.807, 2.05) is 0 Å². The van der Waals surface area contributed by atoms with Crippen LogP contribution in [0, 0.1) is 0 Å². The summed E-state index contributed by atoms with van der Waals surface area (Å²) >= 11 is 0. The summed E-state index contributed by atoms with van der Waals surface area (Å²) in [6.45, 7) is 2.45. The third kappa shape index (κ3) is 4.97. The summed E-state index contributed by atoms with van der Waals surface area (Å²) in [6.07, 6.45) is 4.11. The fraction of sp³-hybridized carbons (Fsp3) is 0.400. The van der Waals surface area contributed by atoms with Crippen LogP contribution in [0.4, 0.5) is 0 Å². The highest BCUT2D eigenvalue weighted by molar-refractivity contribution is 7.89. The van der Waals surface area contributed by atoms with Crippen molar-refractivity contribution in [1.29, 1.82) is 0 Å². The van der Waals surface area contributed by atoms with Crippen LogP contribution < -0.4 is 14.2 Å². The maximum absolute atomic E-state index is 12.2. The minimum absolute atomic E-state index is 0.00278. The molecule has 1 heterocycles. The number of benzene rings is 1. The molecule has 1 aliphatic heterocycles. The smallest absolute Gasteiger partial charge is 0.321 e. The van der Waals surface area contributed by atoms with Crippen LogP contribution in [-0.2, 0) is 19.6 Å². The van der Waals surface area contributed by atoms with E-state index in [0.29, 0.717) is 24.7 Å². The van der Waals surface area contributed by atoms with Crippen molar-refractivity contribution >= 4 is 16.0 Å². The summed E-state index contributed by atoms with van der Waals surface area (Å²) in [7, 11) is -3.84. The molecular formula is C15H19NO6S. The average Bonchev–Trinajstić information content (AvgIpc) is 2.78. The first-order chi connectivity index (χ1) is 11.0. The Labute approximate surface area is 135 Å². The Morgan fingerprint density at radius 3 is 2.78 bits per heavy atom. The van der Waals surface area contributed by atoms with Crippen LogP contribution >= 0.6 is 0 Å². The summed E-state index contributed by atoms with van der Waals surface area (Å²) in [5.41, 5.74) is 0. The van der Waals surface area contributed by atoms with E-state index in [0.717, 1.165) is 6.42 Å². The van der Waals surface area contributed by atoms with Gasteiger partial charge in [-0.3, -0.25) is 4.79 Å². The number of hydrogen-bond donors (Lipinski definition) is 1. The fourth-order valence-electron chi connectivity index (χ4n) is 1.84. The maximum Gasteiger partial charge on any atom is 0.321 e. The lowest BCUT2D eigenvalue weighted by atomic mass is 10.3. The van der Waals surface area contributed by atoms with Crippen molar-refractivity contribution in [3.8, 4) is 11.5 Å². The molecule has 1 aromatic rings. The largest absolute Gasteiger partial charge is 0.490 e. The highest BCUT2D eigenvalue weighted by atomic mass is 32.2. The topological polar surface area (TPSA) is 90.9 Å². The van der Waals surface area contributed by atoms with Gasteiger partial charge in [-0.15, -0.1) is 0 Å². The van der Waals surface area contributed by atoms with Crippen molar-refractivity contribution < 1.29 is 27.4 Å². The third-order valence-corrected chi connectivity index (χ3v) is 4.41. The molecule has 0 aromatic heterocycles. The first-order valence-corrected chi connectivity index (χ1v) is 8.67. The van der Waals surface area contributed by atoms with Crippen LogP contribution in [-0.4, -0.2) is 40.8 Å². The van der Waals surface area contributed by atoms with E-state index < -0.39 is 22.5 Å². The number of sulfonamides is 1. The molecule has 1 aliphatic rings. The molecule has 0 unspecified atom stereocenters. The molecule has 1 N–H and O–H groups in total. The summed E-state index contributed by atoms with van der Waals surface area (Å²) in [6, 6.07) is 4.33. The summed E-state index contributed by atoms with van der Waals surface area (Å²) in [5.74, 6) is 0.231. The molecule has 23 heavy (non-hydrogen) atoms. The minimum Gasteiger partial charge on any atom is -0.490 e. The molecule has 0 saturated carbocycles. The number of rotatable bonds is 6. The maximum atomic E-state index is 12.2. The predicted octanol–water partition coefficient (Wildman–Crippen LogP) is 1.25. The first-order valence-electron chi connectivity index (χ1n) is 7.19. The van der Waals surface area contributed by atoms with Crippen molar-refractivity contribution in [3.05, 3.63) is 30.4 Å². The normalized spacial score (nSPS) is 14.5. The zero-order valence-corrected chi connectivity index (χ0v) is 13.6. The van der Waals surface area contributed by atoms with Gasteiger partial charge in [-0.25, -0.2) is 8.42 Å². The molecule has 0 aliphatic carbocycles. The van der Waals surface area contributed by atoms with E-state index >= 15 is 0 Å². The number of esters is 1. The molecular weight excluding hydrogens is 322 g/mol. The number of nitrogens with one attached hydrogen (secondary N) is 1. The Balaban J connectivity index is 2.02. The van der Waals surface area contributed by atoms with Crippen molar-refractivity contribution in [1.82, 2.24) is 4.72 Å². The van der Waals surface area contributed by atoms with Gasteiger partial charge in [0.05, 0.1) is 18.1 Å². The van der Waals surface area contributed by atoms with E-state index in [1.54, 1.807) is 25.1 Å². The molecule has 0 spiro atoms. The Kier molecular flexibility index (Phi) is 6.00. The lowest BCUT2D eigenvalue weighted by molar-refractivity contribution is -0.140. The Morgan fingerprint density at radius 2 is 2.04 bits per heavy atom. The van der Waals surface area contributed by atoms with Crippen LogP contribution in [0.2, 0.25) is 0 Å². The average molecular weight is 341 g/mol. The van der Waals surface area contributed by atoms with Gasteiger partial charge >= 0.3 is 5.97 Å². The van der Waals surface area contributed by atoms with Crippen molar-refractivity contribution in [2.24, 2.45) is 0 Å². The first kappa shape index (κ1) is 17.3. The van der Waals surface area contributed by atoms with Gasteiger partial charge in [0.2, 0.25) is 10.0 Å². The van der Waals surface area contributed by atoms with E-state index in [9.17, 15) is 13.2 Å². The zero-order valence-electron chi connectivity index (χ0n) is 12.8. The van der Waals surface area contributed by atoms with E-state index in [-0.39, 0.29) is 11.5 Å².